The van der Waals surface area contributed by atoms with Crippen LogP contribution in [0.15, 0.2) is 84.4 Å². The van der Waals surface area contributed by atoms with E-state index < -0.39 is 11.8 Å². The number of carbonyl (C=O) groups excluding carboxylic acids is 3. The summed E-state index contributed by atoms with van der Waals surface area (Å²) in [6.45, 7) is 0. The fourth-order valence-corrected chi connectivity index (χ4v) is 3.80. The van der Waals surface area contributed by atoms with E-state index in [4.69, 9.17) is 0 Å². The molecule has 2 heterocycles. The molecule has 2 aromatic carbocycles. The van der Waals surface area contributed by atoms with Crippen molar-refractivity contribution in [3.8, 4) is 16.9 Å². The smallest absolute Gasteiger partial charge is 0.273 e. The molecule has 0 aliphatic heterocycles. The Morgan fingerprint density at radius 1 is 0.844 bits per heavy atom. The average molecular weight is 445 g/mol. The topological polar surface area (TPSA) is 93.1 Å². The second-order valence-electron chi connectivity index (χ2n) is 6.94. The maximum absolute atomic E-state index is 12.9. The molecule has 0 radical (unpaired) electrons. The Bertz CT molecular complexity index is 1220. The zero-order valence-corrected chi connectivity index (χ0v) is 17.8. The van der Waals surface area contributed by atoms with Crippen LogP contribution in [0.25, 0.3) is 16.9 Å². The standard InChI is InChI=1S/C24H20N4O3S/c29-20(21-12-7-15-32-21)13-14-22(30)25-26-24(31)19-16-28(18-10-5-2-6-11-18)27-23(19)17-8-3-1-4-9-17/h1-12,15-16H,13-14H2,(H,25,30)(H,26,31). The minimum atomic E-state index is -0.496. The number of carbonyl (C=O) groups is 3. The molecule has 2 aromatic heterocycles. The van der Waals surface area contributed by atoms with Crippen molar-refractivity contribution in [1.29, 1.82) is 0 Å². The third kappa shape index (κ3) is 4.98. The third-order valence-electron chi connectivity index (χ3n) is 4.72. The highest BCUT2D eigenvalue weighted by Crippen LogP contribution is 2.23. The van der Waals surface area contributed by atoms with Crippen LogP contribution in [0, 0.1) is 0 Å². The van der Waals surface area contributed by atoms with Crippen molar-refractivity contribution >= 4 is 28.9 Å². The quantitative estimate of drug-likeness (QED) is 0.333. The van der Waals surface area contributed by atoms with Crippen LogP contribution in [0.1, 0.15) is 32.9 Å². The number of thiophene rings is 1. The fraction of sp³-hybridized carbons (Fsp3) is 0.0833. The predicted octanol–water partition coefficient (Wildman–Crippen LogP) is 4.02. The first-order valence-electron chi connectivity index (χ1n) is 9.98. The molecule has 32 heavy (non-hydrogen) atoms. The van der Waals surface area contributed by atoms with Crippen molar-refractivity contribution in [3.63, 3.8) is 0 Å². The number of para-hydroxylation sites is 1. The van der Waals surface area contributed by atoms with Crippen molar-refractivity contribution in [2.75, 3.05) is 0 Å². The molecule has 2 amide bonds. The second kappa shape index (κ2) is 9.84. The van der Waals surface area contributed by atoms with Gasteiger partial charge < -0.3 is 0 Å². The summed E-state index contributed by atoms with van der Waals surface area (Å²) >= 11 is 1.34. The summed E-state index contributed by atoms with van der Waals surface area (Å²) in [5.41, 5.74) is 7.21. The van der Waals surface area contributed by atoms with Crippen molar-refractivity contribution < 1.29 is 14.4 Å². The SMILES string of the molecule is O=C(CCC(=O)c1cccs1)NNC(=O)c1cn(-c2ccccc2)nc1-c1ccccc1. The number of hydrogen-bond donors (Lipinski definition) is 2. The van der Waals surface area contributed by atoms with Gasteiger partial charge in [0.05, 0.1) is 16.1 Å². The van der Waals surface area contributed by atoms with Crippen molar-refractivity contribution in [1.82, 2.24) is 20.6 Å². The van der Waals surface area contributed by atoms with Gasteiger partial charge >= 0.3 is 0 Å². The first-order chi connectivity index (χ1) is 15.6. The highest BCUT2D eigenvalue weighted by molar-refractivity contribution is 7.12. The van der Waals surface area contributed by atoms with Crippen molar-refractivity contribution in [2.45, 2.75) is 12.8 Å². The lowest BCUT2D eigenvalue weighted by atomic mass is 10.1. The number of hydrazine groups is 1. The lowest BCUT2D eigenvalue weighted by Crippen LogP contribution is -2.41. The van der Waals surface area contributed by atoms with Crippen molar-refractivity contribution in [2.24, 2.45) is 0 Å². The van der Waals surface area contributed by atoms with Gasteiger partial charge in [-0.2, -0.15) is 5.10 Å². The number of ketones is 1. The normalized spacial score (nSPS) is 10.5. The lowest BCUT2D eigenvalue weighted by Gasteiger charge is -2.07. The Labute approximate surface area is 188 Å². The molecule has 2 N–H and O–H groups in total. The summed E-state index contributed by atoms with van der Waals surface area (Å²) in [5.74, 6) is -1.04. The maximum Gasteiger partial charge on any atom is 0.273 e. The molecule has 7 nitrogen and oxygen atoms in total. The monoisotopic (exact) mass is 444 g/mol. The third-order valence-corrected chi connectivity index (χ3v) is 5.63. The number of rotatable bonds is 7. The molecule has 0 bridgehead atoms. The van der Waals surface area contributed by atoms with E-state index in [-0.39, 0.29) is 18.6 Å². The molecule has 0 aliphatic carbocycles. The molecule has 160 valence electrons. The van der Waals surface area contributed by atoms with E-state index in [1.54, 1.807) is 23.0 Å². The van der Waals surface area contributed by atoms with Gasteiger partial charge in [0, 0.05) is 24.6 Å². The van der Waals surface area contributed by atoms with Crippen LogP contribution in [0.3, 0.4) is 0 Å². The van der Waals surface area contributed by atoms with Crippen molar-refractivity contribution in [3.05, 3.63) is 94.8 Å². The number of nitrogens with one attached hydrogen (secondary N) is 2. The van der Waals surface area contributed by atoms with Crippen LogP contribution < -0.4 is 10.9 Å². The van der Waals surface area contributed by atoms with Gasteiger partial charge in [0.15, 0.2) is 5.78 Å². The van der Waals surface area contributed by atoms with E-state index in [9.17, 15) is 14.4 Å². The minimum Gasteiger partial charge on any atom is -0.293 e. The van der Waals surface area contributed by atoms with Gasteiger partial charge in [-0.1, -0.05) is 54.6 Å². The molecular weight excluding hydrogens is 424 g/mol. The van der Waals surface area contributed by atoms with Gasteiger partial charge in [0.2, 0.25) is 5.91 Å². The summed E-state index contributed by atoms with van der Waals surface area (Å²) in [7, 11) is 0. The van der Waals surface area contributed by atoms with Gasteiger partial charge in [0.1, 0.15) is 5.69 Å². The van der Waals surface area contributed by atoms with Crippen LogP contribution in [-0.2, 0) is 4.79 Å². The first-order valence-corrected chi connectivity index (χ1v) is 10.9. The molecule has 4 aromatic rings. The predicted molar refractivity (Wildman–Crippen MR) is 122 cm³/mol. The molecule has 0 fully saturated rings. The zero-order chi connectivity index (χ0) is 22.3. The Morgan fingerprint density at radius 2 is 1.56 bits per heavy atom. The largest absolute Gasteiger partial charge is 0.293 e. The second-order valence-corrected chi connectivity index (χ2v) is 7.89. The number of amides is 2. The highest BCUT2D eigenvalue weighted by Gasteiger charge is 2.19. The molecule has 8 heteroatoms. The molecular formula is C24H20N4O3S. The molecule has 0 unspecified atom stereocenters. The van der Waals surface area contributed by atoms with E-state index in [1.807, 2.05) is 66.0 Å². The van der Waals surface area contributed by atoms with E-state index in [0.29, 0.717) is 16.1 Å². The van der Waals surface area contributed by atoms with E-state index in [2.05, 4.69) is 16.0 Å². The summed E-state index contributed by atoms with van der Waals surface area (Å²) in [4.78, 5) is 37.7. The fourth-order valence-electron chi connectivity index (χ4n) is 3.11. The molecule has 0 saturated carbocycles. The van der Waals surface area contributed by atoms with Crippen LogP contribution in [-0.4, -0.2) is 27.4 Å². The van der Waals surface area contributed by atoms with Crippen LogP contribution in [0.2, 0.25) is 0 Å². The molecule has 0 saturated heterocycles. The molecule has 0 aliphatic rings. The molecule has 0 atom stereocenters. The number of aromatic nitrogens is 2. The molecule has 0 spiro atoms. The summed E-state index contributed by atoms with van der Waals surface area (Å²) < 4.78 is 1.62. The minimum absolute atomic E-state index is 0.0220. The Morgan fingerprint density at radius 3 is 2.25 bits per heavy atom. The van der Waals surface area contributed by atoms with Crippen LogP contribution >= 0.6 is 11.3 Å². The van der Waals surface area contributed by atoms with E-state index in [0.717, 1.165) is 11.3 Å². The van der Waals surface area contributed by atoms with Gasteiger partial charge in [-0.15, -0.1) is 11.3 Å². The summed E-state index contributed by atoms with van der Waals surface area (Å²) in [6.07, 6.45) is 1.68. The number of hydrogen-bond acceptors (Lipinski definition) is 5. The van der Waals surface area contributed by atoms with Gasteiger partial charge in [-0.25, -0.2) is 4.68 Å². The Kier molecular flexibility index (Phi) is 6.52. The maximum atomic E-state index is 12.9. The van der Waals surface area contributed by atoms with Gasteiger partial charge in [-0.3, -0.25) is 25.2 Å². The number of nitrogens with zero attached hydrogens (tertiary/aromatic N) is 2. The lowest BCUT2D eigenvalue weighted by molar-refractivity contribution is -0.121. The van der Waals surface area contributed by atoms with Crippen LogP contribution in [0.5, 0.6) is 0 Å². The Hall–Kier alpha value is -4.04. The van der Waals surface area contributed by atoms with Gasteiger partial charge in [0.25, 0.3) is 5.91 Å². The summed E-state index contributed by atoms with van der Waals surface area (Å²) in [6, 6.07) is 22.3. The summed E-state index contributed by atoms with van der Waals surface area (Å²) in [5, 5.41) is 6.40. The van der Waals surface area contributed by atoms with Crippen LogP contribution in [0.4, 0.5) is 0 Å². The van der Waals surface area contributed by atoms with E-state index in [1.165, 1.54) is 11.3 Å². The molecule has 4 rings (SSSR count). The number of Topliss-reactive ketones (excluding diaryl/α,β-unsaturated/α-hetero) is 1. The highest BCUT2D eigenvalue weighted by atomic mass is 32.1. The Balaban J connectivity index is 1.46. The van der Waals surface area contributed by atoms with Gasteiger partial charge in [-0.05, 0) is 23.6 Å². The van der Waals surface area contributed by atoms with E-state index >= 15 is 0 Å². The first kappa shape index (κ1) is 21.2. The number of benzene rings is 2. The average Bonchev–Trinajstić information content (AvgIpc) is 3.53. The zero-order valence-electron chi connectivity index (χ0n) is 17.0.